The molecule has 254 valence electrons. The van der Waals surface area contributed by atoms with Gasteiger partial charge >= 0.3 is 6.36 Å². The smallest absolute Gasteiger partial charge is 0.508 e. The van der Waals surface area contributed by atoms with Crippen LogP contribution in [0.1, 0.15) is 36.8 Å². The number of hydrogen-bond acceptors (Lipinski definition) is 6. The molecular formula is C35H26Cl2F4N2O6. The number of fused-ring (bicyclic) bond motifs is 4. The number of rotatable bonds is 4. The minimum atomic E-state index is -5.08. The molecule has 2 aliphatic heterocycles. The number of halogens is 6. The summed E-state index contributed by atoms with van der Waals surface area (Å²) in [5, 5.41) is 11.1. The summed E-state index contributed by atoms with van der Waals surface area (Å²) in [5.41, 5.74) is -0.462. The number of hydrogen-bond donors (Lipinski definition) is 1. The Morgan fingerprint density at radius 3 is 2.22 bits per heavy atom. The lowest BCUT2D eigenvalue weighted by atomic mass is 9.51. The van der Waals surface area contributed by atoms with Gasteiger partial charge in [-0.1, -0.05) is 40.9 Å². The third-order valence-electron chi connectivity index (χ3n) is 10.4. The molecule has 4 aliphatic rings. The molecule has 3 fully saturated rings. The van der Waals surface area contributed by atoms with Crippen LogP contribution in [0.3, 0.4) is 0 Å². The number of nitrogens with zero attached hydrogens (tertiary/aromatic N) is 2. The van der Waals surface area contributed by atoms with Crippen LogP contribution in [0.15, 0.2) is 66.2 Å². The largest absolute Gasteiger partial charge is 0.573 e. The van der Waals surface area contributed by atoms with Crippen LogP contribution in [0.5, 0.6) is 11.5 Å². The van der Waals surface area contributed by atoms with Crippen LogP contribution >= 0.6 is 23.2 Å². The van der Waals surface area contributed by atoms with E-state index < -0.39 is 82.3 Å². The van der Waals surface area contributed by atoms with Crippen molar-refractivity contribution >= 4 is 58.2 Å². The van der Waals surface area contributed by atoms with Crippen molar-refractivity contribution in [2.24, 2.45) is 29.1 Å². The van der Waals surface area contributed by atoms with Crippen LogP contribution in [-0.4, -0.2) is 35.1 Å². The Hall–Kier alpha value is -4.42. The van der Waals surface area contributed by atoms with Gasteiger partial charge in [0, 0.05) is 16.5 Å². The van der Waals surface area contributed by atoms with Gasteiger partial charge in [-0.15, -0.1) is 13.2 Å². The Bertz CT molecular complexity index is 2020. The molecule has 49 heavy (non-hydrogen) atoms. The average Bonchev–Trinajstić information content (AvgIpc) is 3.40. The van der Waals surface area contributed by atoms with Gasteiger partial charge in [0.2, 0.25) is 23.6 Å². The van der Waals surface area contributed by atoms with E-state index in [1.165, 1.54) is 19.1 Å². The number of aryl methyl sites for hydroxylation is 1. The van der Waals surface area contributed by atoms with E-state index in [1.54, 1.807) is 25.1 Å². The molecule has 0 bridgehead atoms. The summed E-state index contributed by atoms with van der Waals surface area (Å²) in [7, 11) is 0. The Balaban J connectivity index is 1.39. The molecule has 0 radical (unpaired) electrons. The van der Waals surface area contributed by atoms with Gasteiger partial charge in [0.15, 0.2) is 0 Å². The molecule has 7 rings (SSSR count). The zero-order chi connectivity index (χ0) is 35.3. The summed E-state index contributed by atoms with van der Waals surface area (Å²) in [6, 6.07) is 11.0. The summed E-state index contributed by atoms with van der Waals surface area (Å²) in [6.45, 7) is 3.25. The number of aromatic hydroxyl groups is 1. The van der Waals surface area contributed by atoms with E-state index in [2.05, 4.69) is 4.74 Å². The Kier molecular flexibility index (Phi) is 7.64. The third-order valence-corrected chi connectivity index (χ3v) is 11.1. The molecule has 0 spiro atoms. The normalized spacial score (nSPS) is 28.0. The monoisotopic (exact) mass is 716 g/mol. The molecule has 1 N–H and O–H groups in total. The molecule has 6 atom stereocenters. The standard InChI is InChI=1S/C35H26Cl2F4N2O6/c1-15-3-4-16(11-24(15)36)42-30(45)20-8-7-19-21(28(20)32(42)47)14-23-31(46)43(17-5-9-26(38)25(37)12-17)33(48)34(23,2)29(19)22-13-18(6-10-27(22)44)49-35(39,40)41/h3-7,9-13,20-21,23,28-29,44H,8,14H2,1-2H3/t20-,21+,23-,28-,29+,34+/m0/s1. The van der Waals surface area contributed by atoms with Crippen LogP contribution in [0.4, 0.5) is 28.9 Å². The van der Waals surface area contributed by atoms with Gasteiger partial charge in [-0.2, -0.15) is 0 Å². The van der Waals surface area contributed by atoms with Gasteiger partial charge in [-0.25, -0.2) is 14.2 Å². The summed E-state index contributed by atoms with van der Waals surface area (Å²) < 4.78 is 58.2. The first kappa shape index (κ1) is 33.1. The van der Waals surface area contributed by atoms with Crippen molar-refractivity contribution in [1.82, 2.24) is 0 Å². The zero-order valence-electron chi connectivity index (χ0n) is 25.7. The third kappa shape index (κ3) is 5.01. The maximum Gasteiger partial charge on any atom is 0.573 e. The highest BCUT2D eigenvalue weighted by atomic mass is 35.5. The van der Waals surface area contributed by atoms with Crippen molar-refractivity contribution in [3.05, 3.63) is 93.2 Å². The van der Waals surface area contributed by atoms with Gasteiger partial charge in [-0.3, -0.25) is 19.2 Å². The summed E-state index contributed by atoms with van der Waals surface area (Å²) in [4.78, 5) is 58.7. The lowest BCUT2D eigenvalue weighted by molar-refractivity contribution is -0.274. The molecule has 0 aromatic heterocycles. The van der Waals surface area contributed by atoms with Crippen LogP contribution in [0.25, 0.3) is 0 Å². The second kappa shape index (κ2) is 11.3. The first-order valence-electron chi connectivity index (χ1n) is 15.3. The highest BCUT2D eigenvalue weighted by Crippen LogP contribution is 2.64. The Labute approximate surface area is 286 Å². The predicted octanol–water partition coefficient (Wildman–Crippen LogP) is 7.48. The number of alkyl halides is 3. The van der Waals surface area contributed by atoms with E-state index >= 15 is 0 Å². The van der Waals surface area contributed by atoms with Gasteiger partial charge in [0.05, 0.1) is 39.6 Å². The van der Waals surface area contributed by atoms with Crippen molar-refractivity contribution in [3.8, 4) is 11.5 Å². The molecule has 14 heteroatoms. The van der Waals surface area contributed by atoms with Crippen LogP contribution in [0.2, 0.25) is 10.0 Å². The van der Waals surface area contributed by atoms with Crippen LogP contribution < -0.4 is 14.5 Å². The maximum atomic E-state index is 14.5. The molecular weight excluding hydrogens is 691 g/mol. The molecule has 2 aliphatic carbocycles. The van der Waals surface area contributed by atoms with Crippen LogP contribution in [0, 0.1) is 41.8 Å². The zero-order valence-corrected chi connectivity index (χ0v) is 27.2. The maximum absolute atomic E-state index is 14.5. The number of anilines is 2. The summed E-state index contributed by atoms with van der Waals surface area (Å²) >= 11 is 12.3. The second-order valence-corrected chi connectivity index (χ2v) is 13.8. The Morgan fingerprint density at radius 2 is 1.55 bits per heavy atom. The summed E-state index contributed by atoms with van der Waals surface area (Å²) in [6.07, 6.45) is -3.42. The van der Waals surface area contributed by atoms with E-state index in [4.69, 9.17) is 23.2 Å². The number of amides is 4. The van der Waals surface area contributed by atoms with Crippen molar-refractivity contribution in [1.29, 1.82) is 0 Å². The first-order valence-corrected chi connectivity index (χ1v) is 16.0. The topological polar surface area (TPSA) is 104 Å². The van der Waals surface area contributed by atoms with E-state index in [1.807, 2.05) is 0 Å². The van der Waals surface area contributed by atoms with Crippen molar-refractivity contribution in [2.45, 2.75) is 39.0 Å². The van der Waals surface area contributed by atoms with Gasteiger partial charge in [-0.05, 0) is 86.7 Å². The number of phenols is 1. The van der Waals surface area contributed by atoms with E-state index in [9.17, 15) is 41.8 Å². The lowest BCUT2D eigenvalue weighted by Crippen LogP contribution is -2.49. The average molecular weight is 717 g/mol. The second-order valence-electron chi connectivity index (χ2n) is 13.0. The number of ether oxygens (including phenoxy) is 1. The molecule has 2 saturated heterocycles. The highest BCUT2D eigenvalue weighted by Gasteiger charge is 2.68. The lowest BCUT2D eigenvalue weighted by Gasteiger charge is -2.49. The van der Waals surface area contributed by atoms with E-state index in [0.717, 1.165) is 45.7 Å². The van der Waals surface area contributed by atoms with E-state index in [0.29, 0.717) is 10.6 Å². The van der Waals surface area contributed by atoms with Gasteiger partial charge < -0.3 is 9.84 Å². The molecule has 3 aromatic rings. The van der Waals surface area contributed by atoms with Crippen molar-refractivity contribution in [2.75, 3.05) is 9.80 Å². The quantitative estimate of drug-likeness (QED) is 0.171. The molecule has 2 heterocycles. The van der Waals surface area contributed by atoms with Gasteiger partial charge in [0.25, 0.3) is 0 Å². The number of imide groups is 2. The Morgan fingerprint density at radius 1 is 0.878 bits per heavy atom. The molecule has 0 unspecified atom stereocenters. The van der Waals surface area contributed by atoms with E-state index in [-0.39, 0.29) is 34.8 Å². The van der Waals surface area contributed by atoms with Crippen LogP contribution in [-0.2, 0) is 19.2 Å². The molecule has 1 saturated carbocycles. The molecule has 4 amide bonds. The minimum absolute atomic E-state index is 0.0291. The van der Waals surface area contributed by atoms with Crippen molar-refractivity contribution < 1.29 is 46.6 Å². The van der Waals surface area contributed by atoms with Gasteiger partial charge in [0.1, 0.15) is 17.3 Å². The first-order chi connectivity index (χ1) is 23.0. The fraction of sp³-hybridized carbons (Fsp3) is 0.314. The fourth-order valence-corrected chi connectivity index (χ4v) is 8.52. The predicted molar refractivity (Wildman–Crippen MR) is 169 cm³/mol. The number of benzene rings is 3. The number of carbonyl (C=O) groups is 4. The fourth-order valence-electron chi connectivity index (χ4n) is 8.17. The molecule has 3 aromatic carbocycles. The minimum Gasteiger partial charge on any atom is -0.508 e. The summed E-state index contributed by atoms with van der Waals surface area (Å²) in [5.74, 6) is -9.50. The number of phenolic OH excluding ortho intramolecular Hbond substituents is 1. The SMILES string of the molecule is Cc1ccc(N2C(=O)[C@H]3[C@H](CC=C4[C@H]3C[C@H]3C(=O)N(c5ccc(F)c(Cl)c5)C(=O)[C@@]3(C)[C@H]4c3cc(OC(F)(F)F)ccc3O)C2=O)cc1Cl. The number of allylic oxidation sites excluding steroid dienone is 2. The molecule has 8 nitrogen and oxygen atoms in total. The number of carbonyl (C=O) groups excluding carboxylic acids is 4. The highest BCUT2D eigenvalue weighted by molar-refractivity contribution is 6.32. The van der Waals surface area contributed by atoms with Crippen molar-refractivity contribution in [3.63, 3.8) is 0 Å².